The molecule has 0 aliphatic carbocycles. The summed E-state index contributed by atoms with van der Waals surface area (Å²) < 4.78 is 49.8. The van der Waals surface area contributed by atoms with Gasteiger partial charge in [-0.2, -0.15) is 13.2 Å². The predicted octanol–water partition coefficient (Wildman–Crippen LogP) is 3.13. The van der Waals surface area contributed by atoms with Crippen LogP contribution in [0, 0.1) is 0 Å². The number of hydrogen-bond acceptors (Lipinski definition) is 5. The van der Waals surface area contributed by atoms with Gasteiger partial charge >= 0.3 is 6.18 Å². The molecule has 1 amide bonds. The van der Waals surface area contributed by atoms with Gasteiger partial charge in [0.25, 0.3) is 5.56 Å². The third kappa shape index (κ3) is 5.87. The highest BCUT2D eigenvalue weighted by molar-refractivity contribution is 5.75. The van der Waals surface area contributed by atoms with Crippen molar-refractivity contribution in [3.8, 4) is 22.8 Å². The third-order valence-corrected chi connectivity index (χ3v) is 4.43. The Morgan fingerprint density at radius 3 is 2.62 bits per heavy atom. The molecule has 0 saturated carbocycles. The maximum atomic E-state index is 12.7. The van der Waals surface area contributed by atoms with E-state index in [1.807, 2.05) is 0 Å². The van der Waals surface area contributed by atoms with E-state index in [2.05, 4.69) is 10.3 Å². The van der Waals surface area contributed by atoms with E-state index in [1.165, 1.54) is 31.6 Å². The van der Waals surface area contributed by atoms with E-state index >= 15 is 0 Å². The third-order valence-electron chi connectivity index (χ3n) is 4.43. The number of methoxy groups -OCH3 is 1. The molecule has 32 heavy (non-hydrogen) atoms. The second-order valence-corrected chi connectivity index (χ2v) is 6.66. The first-order chi connectivity index (χ1) is 15.3. The van der Waals surface area contributed by atoms with Gasteiger partial charge in [-0.15, -0.1) is 0 Å². The van der Waals surface area contributed by atoms with Crippen molar-refractivity contribution in [1.82, 2.24) is 14.9 Å². The van der Waals surface area contributed by atoms with Gasteiger partial charge in [-0.1, -0.05) is 18.2 Å². The lowest BCUT2D eigenvalue weighted by Crippen LogP contribution is -2.34. The number of benzene rings is 2. The summed E-state index contributed by atoms with van der Waals surface area (Å²) in [6.07, 6.45) is -3.20. The Hall–Kier alpha value is -3.82. The van der Waals surface area contributed by atoms with Crippen molar-refractivity contribution in [2.45, 2.75) is 12.7 Å². The van der Waals surface area contributed by atoms with Crippen molar-refractivity contribution in [1.29, 1.82) is 0 Å². The monoisotopic (exact) mass is 447 g/mol. The molecule has 1 N–H and O–H groups in total. The molecule has 1 heterocycles. The molecule has 0 aliphatic heterocycles. The van der Waals surface area contributed by atoms with Gasteiger partial charge in [-0.05, 0) is 30.3 Å². The summed E-state index contributed by atoms with van der Waals surface area (Å²) in [6.45, 7) is -0.245. The number of para-hydroxylation sites is 1. The second-order valence-electron chi connectivity index (χ2n) is 6.66. The standard InChI is InChI=1S/C22H20F3N3O4/c1-31-19-8-3-2-7-17(19)18-12-21(30)28(14-27-18)13-20(29)26-9-10-32-16-6-4-5-15(11-16)22(23,24)25/h2-8,11-12,14H,9-10,13H2,1H3,(H,26,29). The molecule has 168 valence electrons. The van der Waals surface area contributed by atoms with Crippen molar-refractivity contribution in [3.05, 3.63) is 76.8 Å². The first kappa shape index (κ1) is 22.9. The Kier molecular flexibility index (Phi) is 7.14. The molecule has 0 radical (unpaired) electrons. The van der Waals surface area contributed by atoms with E-state index in [0.29, 0.717) is 17.0 Å². The second kappa shape index (κ2) is 9.99. The number of rotatable bonds is 8. The van der Waals surface area contributed by atoms with Gasteiger partial charge in [0, 0.05) is 11.6 Å². The van der Waals surface area contributed by atoms with Crippen LogP contribution in [0.5, 0.6) is 11.5 Å². The minimum absolute atomic E-state index is 0.0348. The summed E-state index contributed by atoms with van der Waals surface area (Å²) in [6, 6.07) is 12.9. The average Bonchev–Trinajstić information content (AvgIpc) is 2.77. The van der Waals surface area contributed by atoms with Gasteiger partial charge in [0.1, 0.15) is 24.7 Å². The highest BCUT2D eigenvalue weighted by Gasteiger charge is 2.30. The fraction of sp³-hybridized carbons (Fsp3) is 0.227. The number of carbonyl (C=O) groups excluding carboxylic acids is 1. The number of halogens is 3. The van der Waals surface area contributed by atoms with Crippen LogP contribution < -0.4 is 20.3 Å². The van der Waals surface area contributed by atoms with E-state index in [-0.39, 0.29) is 25.4 Å². The van der Waals surface area contributed by atoms with Gasteiger partial charge in [0.15, 0.2) is 0 Å². The SMILES string of the molecule is COc1ccccc1-c1cc(=O)n(CC(=O)NCCOc2cccc(C(F)(F)F)c2)cn1. The number of alkyl halides is 3. The van der Waals surface area contributed by atoms with E-state index in [9.17, 15) is 22.8 Å². The molecule has 3 rings (SSSR count). The van der Waals surface area contributed by atoms with E-state index in [1.54, 1.807) is 24.3 Å². The Labute approximate surface area is 181 Å². The summed E-state index contributed by atoms with van der Waals surface area (Å²) in [4.78, 5) is 28.7. The Morgan fingerprint density at radius 1 is 1.12 bits per heavy atom. The number of nitrogens with zero attached hydrogens (tertiary/aromatic N) is 2. The normalized spacial score (nSPS) is 11.1. The van der Waals surface area contributed by atoms with Crippen LogP contribution in [0.25, 0.3) is 11.3 Å². The topological polar surface area (TPSA) is 82.5 Å². The number of carbonyl (C=O) groups is 1. The molecule has 0 unspecified atom stereocenters. The predicted molar refractivity (Wildman–Crippen MR) is 110 cm³/mol. The van der Waals surface area contributed by atoms with Crippen molar-refractivity contribution < 1.29 is 27.4 Å². The van der Waals surface area contributed by atoms with Crippen LogP contribution in [-0.4, -0.2) is 35.7 Å². The molecule has 0 atom stereocenters. The lowest BCUT2D eigenvalue weighted by Gasteiger charge is -2.11. The van der Waals surface area contributed by atoms with Gasteiger partial charge in [-0.3, -0.25) is 14.2 Å². The molecule has 0 saturated heterocycles. The Bertz CT molecular complexity index is 1150. The lowest BCUT2D eigenvalue weighted by molar-refractivity contribution is -0.137. The van der Waals surface area contributed by atoms with E-state index < -0.39 is 23.2 Å². The first-order valence-electron chi connectivity index (χ1n) is 9.54. The lowest BCUT2D eigenvalue weighted by atomic mass is 10.1. The minimum Gasteiger partial charge on any atom is -0.496 e. The van der Waals surface area contributed by atoms with Crippen LogP contribution >= 0.6 is 0 Å². The quantitative estimate of drug-likeness (QED) is 0.537. The zero-order chi connectivity index (χ0) is 23.1. The molecule has 10 heteroatoms. The fourth-order valence-corrected chi connectivity index (χ4v) is 2.88. The smallest absolute Gasteiger partial charge is 0.416 e. The fourth-order valence-electron chi connectivity index (χ4n) is 2.88. The highest BCUT2D eigenvalue weighted by atomic mass is 19.4. The molecular formula is C22H20F3N3O4. The summed E-state index contributed by atoms with van der Waals surface area (Å²) in [5, 5.41) is 2.54. The number of ether oxygens (including phenoxy) is 2. The molecule has 0 spiro atoms. The number of nitrogens with one attached hydrogen (secondary N) is 1. The molecule has 0 aliphatic rings. The molecular weight excluding hydrogens is 427 g/mol. The molecule has 2 aromatic carbocycles. The number of amides is 1. The molecule has 0 fully saturated rings. The zero-order valence-corrected chi connectivity index (χ0v) is 17.1. The number of aromatic nitrogens is 2. The molecule has 3 aromatic rings. The van der Waals surface area contributed by atoms with Crippen LogP contribution in [-0.2, 0) is 17.5 Å². The first-order valence-corrected chi connectivity index (χ1v) is 9.54. The largest absolute Gasteiger partial charge is 0.496 e. The Morgan fingerprint density at radius 2 is 1.91 bits per heavy atom. The number of hydrogen-bond donors (Lipinski definition) is 1. The summed E-state index contributed by atoms with van der Waals surface area (Å²) >= 11 is 0. The zero-order valence-electron chi connectivity index (χ0n) is 17.1. The van der Waals surface area contributed by atoms with Crippen LogP contribution in [0.1, 0.15) is 5.56 Å². The summed E-state index contributed by atoms with van der Waals surface area (Å²) in [5.41, 5.74) is -0.173. The van der Waals surface area contributed by atoms with Crippen molar-refractivity contribution >= 4 is 5.91 Å². The van der Waals surface area contributed by atoms with Crippen LogP contribution in [0.15, 0.2) is 65.7 Å². The van der Waals surface area contributed by atoms with Crippen molar-refractivity contribution in [2.75, 3.05) is 20.3 Å². The molecule has 0 bridgehead atoms. The Balaban J connectivity index is 1.53. The van der Waals surface area contributed by atoms with E-state index in [0.717, 1.165) is 16.7 Å². The maximum absolute atomic E-state index is 12.7. The summed E-state index contributed by atoms with van der Waals surface area (Å²) in [5.74, 6) is 0.142. The highest BCUT2D eigenvalue weighted by Crippen LogP contribution is 2.31. The maximum Gasteiger partial charge on any atom is 0.416 e. The van der Waals surface area contributed by atoms with Gasteiger partial charge in [0.05, 0.1) is 31.2 Å². The molecule has 7 nitrogen and oxygen atoms in total. The van der Waals surface area contributed by atoms with Crippen molar-refractivity contribution in [3.63, 3.8) is 0 Å². The van der Waals surface area contributed by atoms with E-state index in [4.69, 9.17) is 9.47 Å². The van der Waals surface area contributed by atoms with Gasteiger partial charge < -0.3 is 14.8 Å². The average molecular weight is 447 g/mol. The minimum atomic E-state index is -4.46. The molecule has 1 aromatic heterocycles. The van der Waals surface area contributed by atoms with Gasteiger partial charge in [-0.25, -0.2) is 4.98 Å². The van der Waals surface area contributed by atoms with Crippen LogP contribution in [0.2, 0.25) is 0 Å². The van der Waals surface area contributed by atoms with Crippen molar-refractivity contribution in [2.24, 2.45) is 0 Å². The van der Waals surface area contributed by atoms with Crippen LogP contribution in [0.4, 0.5) is 13.2 Å². The van der Waals surface area contributed by atoms with Gasteiger partial charge in [0.2, 0.25) is 5.91 Å². The summed E-state index contributed by atoms with van der Waals surface area (Å²) in [7, 11) is 1.52. The van der Waals surface area contributed by atoms with Crippen LogP contribution in [0.3, 0.4) is 0 Å².